The lowest BCUT2D eigenvalue weighted by atomic mass is 9.93. The van der Waals surface area contributed by atoms with Crippen LogP contribution in [0.3, 0.4) is 0 Å². The van der Waals surface area contributed by atoms with Crippen molar-refractivity contribution in [3.05, 3.63) is 0 Å². The highest BCUT2D eigenvalue weighted by atomic mass is 16.1. The predicted octanol–water partition coefficient (Wildman–Crippen LogP) is 0.655. The van der Waals surface area contributed by atoms with E-state index in [4.69, 9.17) is 0 Å². The number of nitrogens with one attached hydrogen (secondary N) is 2. The first-order chi connectivity index (χ1) is 6.36. The van der Waals surface area contributed by atoms with Crippen molar-refractivity contribution < 1.29 is 4.79 Å². The lowest BCUT2D eigenvalue weighted by Crippen LogP contribution is -2.39. The molecule has 13 heavy (non-hydrogen) atoms. The van der Waals surface area contributed by atoms with E-state index in [9.17, 15) is 4.79 Å². The summed E-state index contributed by atoms with van der Waals surface area (Å²) in [7, 11) is 0. The first-order valence-electron chi connectivity index (χ1n) is 5.36. The molecule has 3 nitrogen and oxygen atoms in total. The minimum atomic E-state index is 0.259. The van der Waals surface area contributed by atoms with Crippen LogP contribution < -0.4 is 10.6 Å². The predicted molar refractivity (Wildman–Crippen MR) is 51.4 cm³/mol. The average molecular weight is 182 g/mol. The Bertz CT molecular complexity index is 193. The highest BCUT2D eigenvalue weighted by Gasteiger charge is 2.27. The smallest absolute Gasteiger partial charge is 0.220 e. The number of hydrogen-bond donors (Lipinski definition) is 2. The molecule has 0 aromatic heterocycles. The summed E-state index contributed by atoms with van der Waals surface area (Å²) in [5.41, 5.74) is 0. The van der Waals surface area contributed by atoms with Crippen molar-refractivity contribution in [1.29, 1.82) is 0 Å². The Morgan fingerprint density at radius 1 is 1.23 bits per heavy atom. The fourth-order valence-corrected chi connectivity index (χ4v) is 2.41. The largest absolute Gasteiger partial charge is 0.353 e. The Hall–Kier alpha value is -0.570. The minimum Gasteiger partial charge on any atom is -0.353 e. The molecule has 0 radical (unpaired) electrons. The molecule has 0 aromatic rings. The van der Waals surface area contributed by atoms with E-state index < -0.39 is 0 Å². The molecule has 0 aromatic carbocycles. The van der Waals surface area contributed by atoms with Gasteiger partial charge in [0.25, 0.3) is 0 Å². The molecule has 1 amide bonds. The molecule has 2 aliphatic rings. The molecule has 2 rings (SSSR count). The number of rotatable bonds is 0. The quantitative estimate of drug-likeness (QED) is 0.577. The van der Waals surface area contributed by atoms with Crippen molar-refractivity contribution in [2.24, 2.45) is 5.92 Å². The third-order valence-corrected chi connectivity index (χ3v) is 3.17. The summed E-state index contributed by atoms with van der Waals surface area (Å²) in [6.07, 6.45) is 5.35. The van der Waals surface area contributed by atoms with Crippen LogP contribution in [0.15, 0.2) is 0 Å². The molecule has 0 saturated carbocycles. The Morgan fingerprint density at radius 2 is 2.15 bits per heavy atom. The first kappa shape index (κ1) is 9.00. The van der Waals surface area contributed by atoms with Gasteiger partial charge in [-0.15, -0.1) is 0 Å². The summed E-state index contributed by atoms with van der Waals surface area (Å²) in [6.45, 7) is 2.20. The lowest BCUT2D eigenvalue weighted by molar-refractivity contribution is -0.121. The highest BCUT2D eigenvalue weighted by molar-refractivity contribution is 5.76. The molecule has 0 aliphatic carbocycles. The molecule has 74 valence electrons. The molecule has 2 fully saturated rings. The normalized spacial score (nSPS) is 35.5. The van der Waals surface area contributed by atoms with Gasteiger partial charge in [-0.3, -0.25) is 4.79 Å². The van der Waals surface area contributed by atoms with Crippen molar-refractivity contribution in [3.8, 4) is 0 Å². The van der Waals surface area contributed by atoms with Crippen molar-refractivity contribution in [3.63, 3.8) is 0 Å². The van der Waals surface area contributed by atoms with Crippen LogP contribution in [0.4, 0.5) is 0 Å². The first-order valence-corrected chi connectivity index (χ1v) is 5.36. The van der Waals surface area contributed by atoms with Gasteiger partial charge in [0.1, 0.15) is 0 Å². The summed E-state index contributed by atoms with van der Waals surface area (Å²) in [5.74, 6) is 0.934. The van der Waals surface area contributed by atoms with Gasteiger partial charge in [-0.05, 0) is 44.7 Å². The molecule has 0 bridgehead atoms. The summed E-state index contributed by atoms with van der Waals surface area (Å²) in [6, 6.07) is 0.449. The SMILES string of the molecule is O=C1CCCC2CNCCCC2N1. The zero-order valence-corrected chi connectivity index (χ0v) is 8.01. The zero-order valence-electron chi connectivity index (χ0n) is 8.01. The number of amides is 1. The summed E-state index contributed by atoms with van der Waals surface area (Å²) < 4.78 is 0. The number of hydrogen-bond acceptors (Lipinski definition) is 2. The standard InChI is InChI=1S/C10H18N2O/c13-10-5-1-3-8-7-11-6-2-4-9(8)12-10/h8-9,11H,1-7H2,(H,12,13). The maximum atomic E-state index is 11.3. The van der Waals surface area contributed by atoms with Gasteiger partial charge in [-0.25, -0.2) is 0 Å². The fourth-order valence-electron chi connectivity index (χ4n) is 2.41. The third kappa shape index (κ3) is 2.21. The molecule has 2 heterocycles. The van der Waals surface area contributed by atoms with Gasteiger partial charge in [0.15, 0.2) is 0 Å². The van der Waals surface area contributed by atoms with E-state index in [2.05, 4.69) is 10.6 Å². The van der Waals surface area contributed by atoms with Gasteiger partial charge in [0.05, 0.1) is 0 Å². The Morgan fingerprint density at radius 3 is 3.08 bits per heavy atom. The second kappa shape index (κ2) is 4.09. The van der Waals surface area contributed by atoms with Crippen LogP contribution in [-0.2, 0) is 4.79 Å². The summed E-state index contributed by atoms with van der Waals surface area (Å²) >= 11 is 0. The molecule has 2 unspecified atom stereocenters. The fraction of sp³-hybridized carbons (Fsp3) is 0.900. The average Bonchev–Trinajstić information content (AvgIpc) is 2.38. The number of fused-ring (bicyclic) bond motifs is 1. The van der Waals surface area contributed by atoms with E-state index in [1.54, 1.807) is 0 Å². The topological polar surface area (TPSA) is 41.1 Å². The van der Waals surface area contributed by atoms with Gasteiger partial charge < -0.3 is 10.6 Å². The van der Waals surface area contributed by atoms with Crippen LogP contribution in [0.25, 0.3) is 0 Å². The van der Waals surface area contributed by atoms with E-state index in [-0.39, 0.29) is 5.91 Å². The van der Waals surface area contributed by atoms with E-state index in [0.717, 1.165) is 32.4 Å². The van der Waals surface area contributed by atoms with Crippen LogP contribution in [-0.4, -0.2) is 25.0 Å². The van der Waals surface area contributed by atoms with Gasteiger partial charge in [0, 0.05) is 12.5 Å². The van der Waals surface area contributed by atoms with E-state index in [1.165, 1.54) is 12.8 Å². The van der Waals surface area contributed by atoms with E-state index >= 15 is 0 Å². The maximum Gasteiger partial charge on any atom is 0.220 e. The number of carbonyl (C=O) groups excluding carboxylic acids is 1. The Kier molecular flexibility index (Phi) is 2.83. The second-order valence-electron chi connectivity index (χ2n) is 4.17. The molecular weight excluding hydrogens is 164 g/mol. The monoisotopic (exact) mass is 182 g/mol. The molecule has 2 aliphatic heterocycles. The van der Waals surface area contributed by atoms with Crippen molar-refractivity contribution >= 4 is 5.91 Å². The van der Waals surface area contributed by atoms with Crippen LogP contribution in [0.2, 0.25) is 0 Å². The van der Waals surface area contributed by atoms with Crippen molar-refractivity contribution in [2.75, 3.05) is 13.1 Å². The van der Waals surface area contributed by atoms with Crippen LogP contribution in [0, 0.1) is 5.92 Å². The van der Waals surface area contributed by atoms with Crippen LogP contribution in [0.1, 0.15) is 32.1 Å². The van der Waals surface area contributed by atoms with Gasteiger partial charge in [-0.1, -0.05) is 0 Å². The van der Waals surface area contributed by atoms with Gasteiger partial charge in [0.2, 0.25) is 5.91 Å². The summed E-state index contributed by atoms with van der Waals surface area (Å²) in [4.78, 5) is 11.3. The molecule has 2 N–H and O–H groups in total. The summed E-state index contributed by atoms with van der Waals surface area (Å²) in [5, 5.41) is 6.58. The molecule has 2 saturated heterocycles. The molecular formula is C10H18N2O. The lowest BCUT2D eigenvalue weighted by Gasteiger charge is -2.22. The third-order valence-electron chi connectivity index (χ3n) is 3.17. The Balaban J connectivity index is 2.01. The van der Waals surface area contributed by atoms with Crippen molar-refractivity contribution in [2.45, 2.75) is 38.1 Å². The van der Waals surface area contributed by atoms with Crippen LogP contribution >= 0.6 is 0 Å². The second-order valence-corrected chi connectivity index (χ2v) is 4.17. The van der Waals surface area contributed by atoms with E-state index in [1.807, 2.05) is 0 Å². The zero-order chi connectivity index (χ0) is 9.10. The molecule has 0 spiro atoms. The highest BCUT2D eigenvalue weighted by Crippen LogP contribution is 2.21. The van der Waals surface area contributed by atoms with E-state index in [0.29, 0.717) is 12.0 Å². The minimum absolute atomic E-state index is 0.259. The number of carbonyl (C=O) groups is 1. The van der Waals surface area contributed by atoms with Gasteiger partial charge >= 0.3 is 0 Å². The van der Waals surface area contributed by atoms with Crippen molar-refractivity contribution in [1.82, 2.24) is 10.6 Å². The molecule has 2 atom stereocenters. The van der Waals surface area contributed by atoms with Gasteiger partial charge in [-0.2, -0.15) is 0 Å². The molecule has 3 heteroatoms. The maximum absolute atomic E-state index is 11.3. The Labute approximate surface area is 79.3 Å². The van der Waals surface area contributed by atoms with Crippen LogP contribution in [0.5, 0.6) is 0 Å².